The van der Waals surface area contributed by atoms with Crippen molar-refractivity contribution in [1.29, 1.82) is 0 Å². The Balaban J connectivity index is 0.00000180. The van der Waals surface area contributed by atoms with Crippen molar-refractivity contribution in [2.75, 3.05) is 26.0 Å². The fourth-order valence-corrected chi connectivity index (χ4v) is 4.20. The van der Waals surface area contributed by atoms with Crippen LogP contribution in [0.1, 0.15) is 12.8 Å². The summed E-state index contributed by atoms with van der Waals surface area (Å²) < 4.78 is 29.9. The van der Waals surface area contributed by atoms with Crippen LogP contribution in [0.3, 0.4) is 0 Å². The first kappa shape index (κ1) is 16.3. The molecule has 108 valence electrons. The lowest BCUT2D eigenvalue weighted by Crippen LogP contribution is -2.31. The zero-order valence-corrected chi connectivity index (χ0v) is 12.6. The van der Waals surface area contributed by atoms with E-state index in [1.165, 1.54) is 7.11 Å². The number of hydrogen-bond acceptors (Lipinski definition) is 4. The lowest BCUT2D eigenvalue weighted by Gasteiger charge is -2.22. The number of benzene rings is 1. The highest BCUT2D eigenvalue weighted by atomic mass is 35.5. The van der Waals surface area contributed by atoms with Crippen molar-refractivity contribution in [3.63, 3.8) is 0 Å². The number of halogens is 1. The Bertz CT molecular complexity index is 498. The Morgan fingerprint density at radius 1 is 1.26 bits per heavy atom. The van der Waals surface area contributed by atoms with E-state index < -0.39 is 9.84 Å². The van der Waals surface area contributed by atoms with E-state index in [2.05, 4.69) is 5.32 Å². The fourth-order valence-electron chi connectivity index (χ4n) is 2.32. The predicted octanol–water partition coefficient (Wildman–Crippen LogP) is 1.89. The molecule has 0 amide bonds. The molecule has 1 aliphatic heterocycles. The maximum absolute atomic E-state index is 12.4. The van der Waals surface area contributed by atoms with Crippen LogP contribution in [0.5, 0.6) is 5.75 Å². The first-order valence-electron chi connectivity index (χ1n) is 6.20. The van der Waals surface area contributed by atoms with E-state index in [9.17, 15) is 8.42 Å². The summed E-state index contributed by atoms with van der Waals surface area (Å²) in [7, 11) is -1.76. The minimum Gasteiger partial charge on any atom is -0.495 e. The van der Waals surface area contributed by atoms with Gasteiger partial charge in [-0.2, -0.15) is 0 Å². The molecule has 1 N–H and O–H groups in total. The van der Waals surface area contributed by atoms with Crippen LogP contribution in [0.15, 0.2) is 29.2 Å². The molecule has 0 bridgehead atoms. The van der Waals surface area contributed by atoms with Gasteiger partial charge in [-0.25, -0.2) is 8.42 Å². The Labute approximate surface area is 120 Å². The Morgan fingerprint density at radius 2 is 1.89 bits per heavy atom. The Morgan fingerprint density at radius 3 is 2.53 bits per heavy atom. The zero-order valence-electron chi connectivity index (χ0n) is 11.0. The van der Waals surface area contributed by atoms with Crippen LogP contribution in [0, 0.1) is 5.92 Å². The molecule has 0 saturated carbocycles. The lowest BCUT2D eigenvalue weighted by molar-refractivity contribution is 0.394. The SMILES string of the molecule is COc1ccccc1S(=O)(=O)CC1CCNCC1.Cl. The molecule has 1 aliphatic rings. The van der Waals surface area contributed by atoms with Crippen LogP contribution in [0.4, 0.5) is 0 Å². The third-order valence-electron chi connectivity index (χ3n) is 3.32. The molecule has 0 spiro atoms. The summed E-state index contributed by atoms with van der Waals surface area (Å²) in [5, 5.41) is 3.24. The van der Waals surface area contributed by atoms with E-state index in [0.29, 0.717) is 10.6 Å². The van der Waals surface area contributed by atoms with Crippen LogP contribution in [0.2, 0.25) is 0 Å². The summed E-state index contributed by atoms with van der Waals surface area (Å²) in [5.74, 6) is 0.905. The van der Waals surface area contributed by atoms with Crippen molar-refractivity contribution < 1.29 is 13.2 Å². The molecule has 1 fully saturated rings. The number of piperidine rings is 1. The summed E-state index contributed by atoms with van der Waals surface area (Å²) in [6.45, 7) is 1.82. The van der Waals surface area contributed by atoms with Crippen LogP contribution in [-0.4, -0.2) is 34.4 Å². The average molecular weight is 306 g/mol. The minimum absolute atomic E-state index is 0. The van der Waals surface area contributed by atoms with Gasteiger partial charge >= 0.3 is 0 Å². The van der Waals surface area contributed by atoms with Gasteiger partial charge in [0.2, 0.25) is 0 Å². The number of sulfone groups is 1. The maximum Gasteiger partial charge on any atom is 0.182 e. The van der Waals surface area contributed by atoms with Gasteiger partial charge in [-0.3, -0.25) is 0 Å². The Hall–Kier alpha value is -0.780. The molecule has 0 unspecified atom stereocenters. The second kappa shape index (κ2) is 7.12. The minimum atomic E-state index is -3.26. The topological polar surface area (TPSA) is 55.4 Å². The first-order valence-corrected chi connectivity index (χ1v) is 7.85. The fraction of sp³-hybridized carbons (Fsp3) is 0.538. The standard InChI is InChI=1S/C13H19NO3S.ClH/c1-17-12-4-2-3-5-13(12)18(15,16)10-11-6-8-14-9-7-11;/h2-5,11,14H,6-10H2,1H3;1H. The van der Waals surface area contributed by atoms with E-state index in [1.54, 1.807) is 24.3 Å². The van der Waals surface area contributed by atoms with Gasteiger partial charge in [-0.05, 0) is 44.0 Å². The summed E-state index contributed by atoms with van der Waals surface area (Å²) in [4.78, 5) is 0.311. The maximum atomic E-state index is 12.4. The highest BCUT2D eigenvalue weighted by Gasteiger charge is 2.25. The van der Waals surface area contributed by atoms with Gasteiger partial charge in [0.15, 0.2) is 9.84 Å². The normalized spacial score (nSPS) is 16.7. The molecule has 19 heavy (non-hydrogen) atoms. The molecule has 2 rings (SSSR count). The van der Waals surface area contributed by atoms with Crippen molar-refractivity contribution in [1.82, 2.24) is 5.32 Å². The van der Waals surface area contributed by atoms with E-state index in [0.717, 1.165) is 25.9 Å². The molecule has 0 atom stereocenters. The van der Waals surface area contributed by atoms with E-state index in [1.807, 2.05) is 0 Å². The van der Waals surface area contributed by atoms with Gasteiger partial charge in [0.1, 0.15) is 10.6 Å². The van der Waals surface area contributed by atoms with Gasteiger partial charge in [0.05, 0.1) is 12.9 Å². The molecule has 1 aromatic rings. The van der Waals surface area contributed by atoms with Gasteiger partial charge < -0.3 is 10.1 Å². The molecule has 6 heteroatoms. The van der Waals surface area contributed by atoms with Crippen molar-refractivity contribution in [2.24, 2.45) is 5.92 Å². The average Bonchev–Trinajstić information content (AvgIpc) is 2.39. The molecule has 0 aliphatic carbocycles. The summed E-state index contributed by atoms with van der Waals surface area (Å²) >= 11 is 0. The van der Waals surface area contributed by atoms with Crippen LogP contribution in [-0.2, 0) is 9.84 Å². The summed E-state index contributed by atoms with van der Waals surface area (Å²) in [6, 6.07) is 6.82. The van der Waals surface area contributed by atoms with Crippen molar-refractivity contribution in [3.05, 3.63) is 24.3 Å². The highest BCUT2D eigenvalue weighted by molar-refractivity contribution is 7.91. The second-order valence-electron chi connectivity index (χ2n) is 4.63. The van der Waals surface area contributed by atoms with Crippen molar-refractivity contribution in [2.45, 2.75) is 17.7 Å². The van der Waals surface area contributed by atoms with Crippen molar-refractivity contribution >= 4 is 22.2 Å². The summed E-state index contributed by atoms with van der Waals surface area (Å²) in [5.41, 5.74) is 0. The van der Waals surface area contributed by atoms with Crippen LogP contribution in [0.25, 0.3) is 0 Å². The van der Waals surface area contributed by atoms with Gasteiger partial charge in [0.25, 0.3) is 0 Å². The molecule has 0 radical (unpaired) electrons. The molecular formula is C13H20ClNO3S. The predicted molar refractivity (Wildman–Crippen MR) is 77.9 cm³/mol. The number of ether oxygens (including phenoxy) is 1. The third kappa shape index (κ3) is 4.09. The number of nitrogens with one attached hydrogen (secondary N) is 1. The number of rotatable bonds is 4. The first-order chi connectivity index (χ1) is 8.63. The monoisotopic (exact) mass is 305 g/mol. The number of para-hydroxylation sites is 1. The van der Waals surface area contributed by atoms with Crippen LogP contribution < -0.4 is 10.1 Å². The number of methoxy groups -OCH3 is 1. The van der Waals surface area contributed by atoms with E-state index >= 15 is 0 Å². The van der Waals surface area contributed by atoms with Gasteiger partial charge in [-0.1, -0.05) is 12.1 Å². The van der Waals surface area contributed by atoms with Crippen molar-refractivity contribution in [3.8, 4) is 5.75 Å². The molecular weight excluding hydrogens is 286 g/mol. The molecule has 1 aromatic carbocycles. The smallest absolute Gasteiger partial charge is 0.182 e. The van der Waals surface area contributed by atoms with Crippen LogP contribution >= 0.6 is 12.4 Å². The number of hydrogen-bond donors (Lipinski definition) is 1. The Kier molecular flexibility index (Phi) is 6.10. The summed E-state index contributed by atoms with van der Waals surface area (Å²) in [6.07, 6.45) is 1.85. The lowest BCUT2D eigenvalue weighted by atomic mass is 10.0. The van der Waals surface area contributed by atoms with E-state index in [4.69, 9.17) is 4.74 Å². The molecule has 1 saturated heterocycles. The largest absolute Gasteiger partial charge is 0.495 e. The third-order valence-corrected chi connectivity index (χ3v) is 5.24. The molecule has 4 nitrogen and oxygen atoms in total. The van der Waals surface area contributed by atoms with Gasteiger partial charge in [-0.15, -0.1) is 12.4 Å². The van der Waals surface area contributed by atoms with E-state index in [-0.39, 0.29) is 24.1 Å². The van der Waals surface area contributed by atoms with Gasteiger partial charge in [0, 0.05) is 0 Å². The zero-order chi connectivity index (χ0) is 13.0. The molecule has 1 heterocycles. The molecule has 0 aromatic heterocycles. The quantitative estimate of drug-likeness (QED) is 0.923. The highest BCUT2D eigenvalue weighted by Crippen LogP contribution is 2.27. The second-order valence-corrected chi connectivity index (χ2v) is 6.63.